The summed E-state index contributed by atoms with van der Waals surface area (Å²) in [5, 5.41) is 3.69. The van der Waals surface area contributed by atoms with Gasteiger partial charge < -0.3 is 16.8 Å². The summed E-state index contributed by atoms with van der Waals surface area (Å²) < 4.78 is 0. The van der Waals surface area contributed by atoms with Crippen LogP contribution in [0.15, 0.2) is 89.7 Å². The third-order valence-electron chi connectivity index (χ3n) is 6.41. The molecule has 3 aromatic rings. The first-order valence-corrected chi connectivity index (χ1v) is 10.9. The molecule has 2 atom stereocenters. The Kier molecular flexibility index (Phi) is 4.33. The van der Waals surface area contributed by atoms with Crippen molar-refractivity contribution in [1.29, 1.82) is 0 Å². The minimum Gasteiger partial charge on any atom is -0.383 e. The minimum absolute atomic E-state index is 0.121. The van der Waals surface area contributed by atoms with E-state index in [0.29, 0.717) is 5.82 Å². The Morgan fingerprint density at radius 3 is 2.72 bits per heavy atom. The zero-order valence-corrected chi connectivity index (χ0v) is 17.6. The Morgan fingerprint density at radius 1 is 1.00 bits per heavy atom. The van der Waals surface area contributed by atoms with E-state index in [0.717, 1.165) is 46.9 Å². The minimum atomic E-state index is -0.141. The molecule has 1 aromatic heterocycles. The summed E-state index contributed by atoms with van der Waals surface area (Å²) in [7, 11) is 0. The SMILES string of the molecule is Nc1ncccc1C1=NC2=CC=C(c3ccccc3)NC2N1c1ccc2c(c1)CCC2N. The fourth-order valence-electron chi connectivity index (χ4n) is 4.77. The first-order chi connectivity index (χ1) is 15.7. The van der Waals surface area contributed by atoms with Crippen LogP contribution in [-0.4, -0.2) is 17.0 Å². The average Bonchev–Trinajstić information content (AvgIpc) is 3.39. The molecule has 2 aliphatic heterocycles. The van der Waals surface area contributed by atoms with E-state index in [9.17, 15) is 0 Å². The normalized spacial score (nSPS) is 21.3. The number of nitrogen functional groups attached to an aromatic ring is 1. The largest absolute Gasteiger partial charge is 0.383 e. The number of nitrogens with two attached hydrogens (primary N) is 2. The van der Waals surface area contributed by atoms with Crippen LogP contribution in [0.4, 0.5) is 11.5 Å². The van der Waals surface area contributed by atoms with Crippen LogP contribution in [0.5, 0.6) is 0 Å². The van der Waals surface area contributed by atoms with Gasteiger partial charge in [-0.2, -0.15) is 0 Å². The van der Waals surface area contributed by atoms with Gasteiger partial charge in [-0.1, -0.05) is 36.4 Å². The van der Waals surface area contributed by atoms with E-state index in [2.05, 4.69) is 57.7 Å². The summed E-state index contributed by atoms with van der Waals surface area (Å²) in [4.78, 5) is 11.5. The fourth-order valence-corrected chi connectivity index (χ4v) is 4.77. The molecule has 0 fully saturated rings. The van der Waals surface area contributed by atoms with Gasteiger partial charge in [-0.15, -0.1) is 0 Å². The molecule has 2 unspecified atom stereocenters. The second-order valence-corrected chi connectivity index (χ2v) is 8.35. The molecule has 2 aromatic carbocycles. The number of nitrogens with zero attached hydrogens (tertiary/aromatic N) is 3. The first kappa shape index (κ1) is 18.8. The summed E-state index contributed by atoms with van der Waals surface area (Å²) in [5.74, 6) is 1.26. The number of pyridine rings is 1. The number of amidine groups is 1. The van der Waals surface area contributed by atoms with Gasteiger partial charge in [0.1, 0.15) is 17.8 Å². The monoisotopic (exact) mass is 420 g/mol. The van der Waals surface area contributed by atoms with Crippen molar-refractivity contribution < 1.29 is 0 Å². The smallest absolute Gasteiger partial charge is 0.149 e. The predicted octanol–water partition coefficient (Wildman–Crippen LogP) is 3.73. The number of allylic oxidation sites excluding steroid dienone is 2. The van der Waals surface area contributed by atoms with Crippen LogP contribution in [-0.2, 0) is 6.42 Å². The van der Waals surface area contributed by atoms with Crippen LogP contribution >= 0.6 is 0 Å². The summed E-state index contributed by atoms with van der Waals surface area (Å²) in [5.41, 5.74) is 20.1. The molecular weight excluding hydrogens is 396 g/mol. The quantitative estimate of drug-likeness (QED) is 0.600. The molecule has 0 spiro atoms. The highest BCUT2D eigenvalue weighted by Crippen LogP contribution is 2.37. The highest BCUT2D eigenvalue weighted by molar-refractivity contribution is 6.15. The predicted molar refractivity (Wildman–Crippen MR) is 129 cm³/mol. The van der Waals surface area contributed by atoms with Gasteiger partial charge in [-0.25, -0.2) is 9.98 Å². The van der Waals surface area contributed by atoms with Crippen molar-refractivity contribution in [3.8, 4) is 0 Å². The van der Waals surface area contributed by atoms with Gasteiger partial charge in [0.25, 0.3) is 0 Å². The summed E-state index contributed by atoms with van der Waals surface area (Å²) >= 11 is 0. The van der Waals surface area contributed by atoms with E-state index in [-0.39, 0.29) is 12.2 Å². The fraction of sp³-hybridized carbons (Fsp3) is 0.154. The van der Waals surface area contributed by atoms with Crippen LogP contribution in [0.25, 0.3) is 5.70 Å². The van der Waals surface area contributed by atoms with Crippen LogP contribution in [0, 0.1) is 0 Å². The zero-order chi connectivity index (χ0) is 21.7. The molecule has 0 saturated heterocycles. The molecule has 3 aliphatic rings. The Labute approximate surface area is 187 Å². The molecule has 1 aliphatic carbocycles. The Hall–Kier alpha value is -3.90. The van der Waals surface area contributed by atoms with Gasteiger partial charge in [0.15, 0.2) is 0 Å². The number of benzene rings is 2. The van der Waals surface area contributed by atoms with Crippen LogP contribution in [0.1, 0.15) is 34.7 Å². The van der Waals surface area contributed by atoms with Gasteiger partial charge in [-0.3, -0.25) is 4.90 Å². The molecule has 0 saturated carbocycles. The van der Waals surface area contributed by atoms with Gasteiger partial charge in [0.05, 0.1) is 11.3 Å². The lowest BCUT2D eigenvalue weighted by Gasteiger charge is -2.32. The molecule has 0 amide bonds. The second kappa shape index (κ2) is 7.35. The number of hydrogen-bond donors (Lipinski definition) is 3. The number of aliphatic imine (C=N–C) groups is 1. The van der Waals surface area contributed by atoms with Crippen LogP contribution in [0.2, 0.25) is 0 Å². The molecule has 6 nitrogen and oxygen atoms in total. The summed E-state index contributed by atoms with van der Waals surface area (Å²) in [6.07, 6.45) is 7.71. The van der Waals surface area contributed by atoms with E-state index in [1.807, 2.05) is 30.3 Å². The molecule has 6 heteroatoms. The maximum absolute atomic E-state index is 6.29. The average molecular weight is 421 g/mol. The maximum Gasteiger partial charge on any atom is 0.149 e. The van der Waals surface area contributed by atoms with E-state index in [4.69, 9.17) is 16.5 Å². The standard InChI is InChI=1S/C26H24N6/c27-21-11-8-17-15-18(9-10-19(17)21)32-25(20-7-4-14-29-24(20)28)31-23-13-12-22(30-26(23)32)16-5-2-1-3-6-16/h1-7,9-10,12-15,21,26,30H,8,11,27H2,(H2,28,29). The van der Waals surface area contributed by atoms with Crippen molar-refractivity contribution in [3.05, 3.63) is 107 Å². The number of hydrogen-bond acceptors (Lipinski definition) is 6. The van der Waals surface area contributed by atoms with Crippen LogP contribution in [0.3, 0.4) is 0 Å². The van der Waals surface area contributed by atoms with Gasteiger partial charge >= 0.3 is 0 Å². The van der Waals surface area contributed by atoms with Crippen molar-refractivity contribution in [3.63, 3.8) is 0 Å². The number of anilines is 2. The molecule has 5 N–H and O–H groups in total. The van der Waals surface area contributed by atoms with Crippen molar-refractivity contribution in [2.24, 2.45) is 10.7 Å². The lowest BCUT2D eigenvalue weighted by Crippen LogP contribution is -2.46. The topological polar surface area (TPSA) is 92.6 Å². The highest BCUT2D eigenvalue weighted by atomic mass is 15.4. The lowest BCUT2D eigenvalue weighted by atomic mass is 10.0. The molecule has 0 bridgehead atoms. The lowest BCUT2D eigenvalue weighted by molar-refractivity contribution is 0.709. The van der Waals surface area contributed by atoms with E-state index >= 15 is 0 Å². The zero-order valence-electron chi connectivity index (χ0n) is 17.6. The summed E-state index contributed by atoms with van der Waals surface area (Å²) in [6, 6.07) is 20.9. The maximum atomic E-state index is 6.29. The Morgan fingerprint density at radius 2 is 1.88 bits per heavy atom. The number of fused-ring (bicyclic) bond motifs is 2. The van der Waals surface area contributed by atoms with Crippen molar-refractivity contribution in [2.45, 2.75) is 25.0 Å². The van der Waals surface area contributed by atoms with E-state index in [1.54, 1.807) is 6.20 Å². The third kappa shape index (κ3) is 2.99. The number of dihydropyridines is 1. The van der Waals surface area contributed by atoms with Crippen molar-refractivity contribution in [2.75, 3.05) is 10.6 Å². The van der Waals surface area contributed by atoms with Gasteiger partial charge in [0, 0.05) is 23.6 Å². The van der Waals surface area contributed by atoms with Gasteiger partial charge in [-0.05, 0) is 65.9 Å². The van der Waals surface area contributed by atoms with Crippen molar-refractivity contribution >= 4 is 23.0 Å². The second-order valence-electron chi connectivity index (χ2n) is 8.35. The molecular formula is C26H24N6. The summed E-state index contributed by atoms with van der Waals surface area (Å²) in [6.45, 7) is 0. The molecule has 6 rings (SSSR count). The number of rotatable bonds is 3. The molecule has 158 valence electrons. The highest BCUT2D eigenvalue weighted by Gasteiger charge is 2.37. The first-order valence-electron chi connectivity index (χ1n) is 10.9. The third-order valence-corrected chi connectivity index (χ3v) is 6.41. The number of aromatic nitrogens is 1. The van der Waals surface area contributed by atoms with E-state index < -0.39 is 0 Å². The number of nitrogens with one attached hydrogen (secondary N) is 1. The van der Waals surface area contributed by atoms with Gasteiger partial charge in [0.2, 0.25) is 0 Å². The molecule has 0 radical (unpaired) electrons. The van der Waals surface area contributed by atoms with E-state index in [1.165, 1.54) is 11.1 Å². The molecule has 3 heterocycles. The van der Waals surface area contributed by atoms with Crippen LogP contribution < -0.4 is 21.7 Å². The Bertz CT molecular complexity index is 1290. The Balaban J connectivity index is 1.46. The molecule has 32 heavy (non-hydrogen) atoms. The number of aryl methyl sites for hydroxylation is 1. The van der Waals surface area contributed by atoms with Crippen molar-refractivity contribution in [1.82, 2.24) is 10.3 Å².